The number of nitrogens with zero attached hydrogens (tertiary/aromatic N) is 3. The molecule has 1 aromatic carbocycles. The molecule has 0 saturated heterocycles. The first-order chi connectivity index (χ1) is 16.0. The fraction of sp³-hybridized carbons (Fsp3) is 0.400. The number of hydrogen-bond donors (Lipinski definition) is 2. The number of methoxy groups -OCH3 is 1. The van der Waals surface area contributed by atoms with E-state index in [2.05, 4.69) is 41.7 Å². The van der Waals surface area contributed by atoms with Gasteiger partial charge in [0.1, 0.15) is 17.3 Å². The summed E-state index contributed by atoms with van der Waals surface area (Å²) >= 11 is 3.67. The molecule has 1 fully saturated rings. The number of benzene rings is 1. The van der Waals surface area contributed by atoms with Crippen LogP contribution in [0.3, 0.4) is 0 Å². The van der Waals surface area contributed by atoms with Gasteiger partial charge in [0.15, 0.2) is 0 Å². The minimum atomic E-state index is 0.0468. The van der Waals surface area contributed by atoms with Crippen LogP contribution in [-0.4, -0.2) is 38.9 Å². The highest BCUT2D eigenvalue weighted by molar-refractivity contribution is 9.10. The molecule has 4 aromatic rings. The summed E-state index contributed by atoms with van der Waals surface area (Å²) in [5.41, 5.74) is 4.81. The number of carbonyl (C=O) groups is 1. The number of aromatic nitrogens is 4. The van der Waals surface area contributed by atoms with Gasteiger partial charge in [-0.1, -0.05) is 15.9 Å². The zero-order chi connectivity index (χ0) is 23.1. The molecule has 5 rings (SSSR count). The molecule has 3 aromatic heterocycles. The van der Waals surface area contributed by atoms with Crippen molar-refractivity contribution in [1.82, 2.24) is 24.7 Å². The van der Waals surface area contributed by atoms with Crippen LogP contribution in [-0.2, 0) is 4.79 Å². The van der Waals surface area contributed by atoms with Crippen LogP contribution in [0.5, 0.6) is 5.75 Å². The maximum absolute atomic E-state index is 11.3. The van der Waals surface area contributed by atoms with Crippen LogP contribution in [0.25, 0.3) is 27.8 Å². The highest BCUT2D eigenvalue weighted by Crippen LogP contribution is 2.40. The van der Waals surface area contributed by atoms with Gasteiger partial charge < -0.3 is 15.0 Å². The van der Waals surface area contributed by atoms with E-state index in [1.54, 1.807) is 14.0 Å². The van der Waals surface area contributed by atoms with Gasteiger partial charge in [-0.2, -0.15) is 0 Å². The number of nitrogens with one attached hydrogen (secondary N) is 2. The topological polar surface area (TPSA) is 84.3 Å². The van der Waals surface area contributed by atoms with Crippen molar-refractivity contribution in [2.45, 2.75) is 45.4 Å². The highest BCUT2D eigenvalue weighted by Gasteiger charge is 2.28. The number of H-pyrrole nitrogens is 1. The second-order valence-corrected chi connectivity index (χ2v) is 9.78. The Morgan fingerprint density at radius 3 is 2.82 bits per heavy atom. The molecule has 0 aliphatic heterocycles. The standard InChI is InChI=1S/C25H28BrN5O2/c1-14-24-23(20-12-18-19(26)8-9-21(33-3)22(18)29-20)30-25(31(24)11-10-27-14)17-6-4-16(5-7-17)13-28-15(2)32/h8-12,16-17,29H,4-7,13H2,1-3H3,(H,28,32). The Kier molecular flexibility index (Phi) is 5.86. The Bertz CT molecular complexity index is 1330. The van der Waals surface area contributed by atoms with E-state index in [4.69, 9.17) is 9.72 Å². The molecule has 172 valence electrons. The number of aryl methyl sites for hydroxylation is 1. The highest BCUT2D eigenvalue weighted by atomic mass is 79.9. The summed E-state index contributed by atoms with van der Waals surface area (Å²) in [5.74, 6) is 2.86. The predicted molar refractivity (Wildman–Crippen MR) is 133 cm³/mol. The van der Waals surface area contributed by atoms with E-state index >= 15 is 0 Å². The molecule has 0 radical (unpaired) electrons. The molecule has 8 heteroatoms. The summed E-state index contributed by atoms with van der Waals surface area (Å²) in [6, 6.07) is 6.09. The number of fused-ring (bicyclic) bond motifs is 2. The van der Waals surface area contributed by atoms with Crippen molar-refractivity contribution in [2.75, 3.05) is 13.7 Å². The van der Waals surface area contributed by atoms with Crippen LogP contribution in [0.4, 0.5) is 0 Å². The van der Waals surface area contributed by atoms with Crippen LogP contribution in [0, 0.1) is 12.8 Å². The Labute approximate surface area is 201 Å². The van der Waals surface area contributed by atoms with Gasteiger partial charge in [0, 0.05) is 41.6 Å². The number of halogens is 1. The number of rotatable bonds is 5. The van der Waals surface area contributed by atoms with E-state index in [1.807, 2.05) is 31.5 Å². The van der Waals surface area contributed by atoms with Crippen LogP contribution >= 0.6 is 15.9 Å². The van der Waals surface area contributed by atoms with Gasteiger partial charge in [-0.05, 0) is 56.7 Å². The smallest absolute Gasteiger partial charge is 0.216 e. The van der Waals surface area contributed by atoms with Crippen LogP contribution in [0.1, 0.15) is 50.0 Å². The molecule has 1 saturated carbocycles. The number of carbonyl (C=O) groups excluding carboxylic acids is 1. The summed E-state index contributed by atoms with van der Waals surface area (Å²) in [6.07, 6.45) is 8.19. The lowest BCUT2D eigenvalue weighted by Gasteiger charge is -2.27. The van der Waals surface area contributed by atoms with Gasteiger partial charge in [0.2, 0.25) is 5.91 Å². The molecule has 0 unspecified atom stereocenters. The van der Waals surface area contributed by atoms with E-state index < -0.39 is 0 Å². The fourth-order valence-corrected chi connectivity index (χ4v) is 5.51. The Balaban J connectivity index is 1.54. The molecule has 0 bridgehead atoms. The average molecular weight is 510 g/mol. The van der Waals surface area contributed by atoms with E-state index in [1.165, 1.54) is 0 Å². The van der Waals surface area contributed by atoms with Crippen molar-refractivity contribution >= 4 is 38.3 Å². The first-order valence-corrected chi connectivity index (χ1v) is 12.2. The zero-order valence-corrected chi connectivity index (χ0v) is 20.7. The van der Waals surface area contributed by atoms with E-state index in [9.17, 15) is 4.79 Å². The molecule has 7 nitrogen and oxygen atoms in total. The third-order valence-corrected chi connectivity index (χ3v) is 7.49. The maximum atomic E-state index is 11.3. The van der Waals surface area contributed by atoms with Crippen LogP contribution in [0.15, 0.2) is 35.1 Å². The number of aromatic amines is 1. The van der Waals surface area contributed by atoms with E-state index in [-0.39, 0.29) is 5.91 Å². The van der Waals surface area contributed by atoms with Gasteiger partial charge in [0.25, 0.3) is 0 Å². The number of ether oxygens (including phenoxy) is 1. The van der Waals surface area contributed by atoms with Crippen molar-refractivity contribution in [3.63, 3.8) is 0 Å². The molecule has 1 aliphatic carbocycles. The summed E-state index contributed by atoms with van der Waals surface area (Å²) in [5, 5.41) is 4.03. The van der Waals surface area contributed by atoms with E-state index in [0.29, 0.717) is 11.8 Å². The SMILES string of the molecule is COc1ccc(Br)c2cc(-c3nc(C4CCC(CNC(C)=O)CC4)n4ccnc(C)c34)[nH]c12. The Morgan fingerprint density at radius 1 is 1.30 bits per heavy atom. The average Bonchev–Trinajstić information content (AvgIpc) is 3.42. The third-order valence-electron chi connectivity index (χ3n) is 6.79. The summed E-state index contributed by atoms with van der Waals surface area (Å²) < 4.78 is 8.80. The molecule has 1 aliphatic rings. The lowest BCUT2D eigenvalue weighted by atomic mass is 9.81. The molecule has 1 amide bonds. The Hall–Kier alpha value is -2.87. The van der Waals surface area contributed by atoms with Crippen molar-refractivity contribution in [3.8, 4) is 17.1 Å². The van der Waals surface area contributed by atoms with E-state index in [0.717, 1.165) is 81.8 Å². The number of hydrogen-bond acceptors (Lipinski definition) is 4. The second-order valence-electron chi connectivity index (χ2n) is 8.93. The zero-order valence-electron chi connectivity index (χ0n) is 19.1. The monoisotopic (exact) mass is 509 g/mol. The minimum absolute atomic E-state index is 0.0468. The van der Waals surface area contributed by atoms with Crippen molar-refractivity contribution in [2.24, 2.45) is 5.92 Å². The Morgan fingerprint density at radius 2 is 2.09 bits per heavy atom. The van der Waals surface area contributed by atoms with Gasteiger partial charge in [-0.15, -0.1) is 0 Å². The lowest BCUT2D eigenvalue weighted by Crippen LogP contribution is -2.29. The normalized spacial score (nSPS) is 18.7. The minimum Gasteiger partial charge on any atom is -0.495 e. The molecular weight excluding hydrogens is 482 g/mol. The van der Waals surface area contributed by atoms with Crippen LogP contribution < -0.4 is 10.1 Å². The van der Waals surface area contributed by atoms with Gasteiger partial charge >= 0.3 is 0 Å². The number of imidazole rings is 1. The van der Waals surface area contributed by atoms with Crippen molar-refractivity contribution < 1.29 is 9.53 Å². The van der Waals surface area contributed by atoms with Crippen molar-refractivity contribution in [3.05, 3.63) is 46.6 Å². The van der Waals surface area contributed by atoms with Gasteiger partial charge in [-0.25, -0.2) is 4.98 Å². The quantitative estimate of drug-likeness (QED) is 0.378. The molecule has 3 heterocycles. The molecule has 2 N–H and O–H groups in total. The summed E-state index contributed by atoms with van der Waals surface area (Å²) in [7, 11) is 1.68. The molecular formula is C25H28BrN5O2. The van der Waals surface area contributed by atoms with Crippen molar-refractivity contribution in [1.29, 1.82) is 0 Å². The molecule has 33 heavy (non-hydrogen) atoms. The predicted octanol–water partition coefficient (Wildman–Crippen LogP) is 5.37. The first-order valence-electron chi connectivity index (χ1n) is 11.4. The summed E-state index contributed by atoms with van der Waals surface area (Å²) in [6.45, 7) is 4.39. The first kappa shape index (κ1) is 21.9. The third kappa shape index (κ3) is 4.01. The molecule has 0 atom stereocenters. The van der Waals surface area contributed by atoms with Crippen LogP contribution in [0.2, 0.25) is 0 Å². The largest absolute Gasteiger partial charge is 0.495 e. The fourth-order valence-electron chi connectivity index (χ4n) is 5.07. The second kappa shape index (κ2) is 8.82. The molecule has 0 spiro atoms. The lowest BCUT2D eigenvalue weighted by molar-refractivity contribution is -0.119. The van der Waals surface area contributed by atoms with Gasteiger partial charge in [0.05, 0.1) is 29.5 Å². The number of amides is 1. The summed E-state index contributed by atoms with van der Waals surface area (Å²) in [4.78, 5) is 24.6. The van der Waals surface area contributed by atoms with Gasteiger partial charge in [-0.3, -0.25) is 14.2 Å². The maximum Gasteiger partial charge on any atom is 0.216 e.